The molecule has 180 valence electrons. The van der Waals surface area contributed by atoms with Crippen LogP contribution >= 0.6 is 0 Å². The first-order chi connectivity index (χ1) is 15.6. The number of nitrogens with one attached hydrogen (secondary N) is 1. The lowest BCUT2D eigenvalue weighted by molar-refractivity contribution is -0.140. The summed E-state index contributed by atoms with van der Waals surface area (Å²) < 4.78 is 23.7. The maximum atomic E-state index is 11.3. The summed E-state index contributed by atoms with van der Waals surface area (Å²) in [5.74, 6) is -0.149. The van der Waals surface area contributed by atoms with Gasteiger partial charge >= 0.3 is 0 Å². The highest BCUT2D eigenvalue weighted by Gasteiger charge is 2.41. The van der Waals surface area contributed by atoms with Crippen molar-refractivity contribution in [2.24, 2.45) is 5.41 Å². The van der Waals surface area contributed by atoms with Gasteiger partial charge in [0.2, 0.25) is 5.91 Å². The van der Waals surface area contributed by atoms with E-state index in [-0.39, 0.29) is 5.91 Å². The summed E-state index contributed by atoms with van der Waals surface area (Å²) in [5, 5.41) is 11.2. The van der Waals surface area contributed by atoms with Gasteiger partial charge < -0.3 is 24.3 Å². The SMILES string of the molecule is C=C(C)C(=O)NCCOCCOCCOCCn1cc(CN2CCC3(CC2)COC3)nn1. The largest absolute Gasteiger partial charge is 0.380 e. The molecule has 32 heavy (non-hydrogen) atoms. The zero-order valence-corrected chi connectivity index (χ0v) is 19.2. The van der Waals surface area contributed by atoms with Crippen molar-refractivity contribution in [1.82, 2.24) is 25.2 Å². The topological polar surface area (TPSA) is 100.0 Å². The van der Waals surface area contributed by atoms with E-state index in [1.165, 1.54) is 12.8 Å². The van der Waals surface area contributed by atoms with Crippen LogP contribution in [0.5, 0.6) is 0 Å². The van der Waals surface area contributed by atoms with Crippen molar-refractivity contribution in [2.45, 2.75) is 32.9 Å². The molecule has 0 aromatic carbocycles. The average Bonchev–Trinajstić information content (AvgIpc) is 3.21. The number of amides is 1. The van der Waals surface area contributed by atoms with Crippen LogP contribution in [-0.4, -0.2) is 98.3 Å². The van der Waals surface area contributed by atoms with E-state index in [1.54, 1.807) is 6.92 Å². The molecule has 2 aliphatic rings. The molecule has 1 N–H and O–H groups in total. The fourth-order valence-corrected chi connectivity index (χ4v) is 3.70. The highest BCUT2D eigenvalue weighted by molar-refractivity contribution is 5.92. The first kappa shape index (κ1) is 24.8. The second-order valence-corrected chi connectivity index (χ2v) is 8.62. The summed E-state index contributed by atoms with van der Waals surface area (Å²) in [6, 6.07) is 0. The number of nitrogens with zero attached hydrogens (tertiary/aromatic N) is 4. The van der Waals surface area contributed by atoms with Crippen molar-refractivity contribution in [2.75, 3.05) is 72.5 Å². The lowest BCUT2D eigenvalue weighted by Crippen LogP contribution is -2.50. The van der Waals surface area contributed by atoms with Crippen LogP contribution in [0.1, 0.15) is 25.5 Å². The van der Waals surface area contributed by atoms with Crippen LogP contribution in [0.4, 0.5) is 0 Å². The summed E-state index contributed by atoms with van der Waals surface area (Å²) in [4.78, 5) is 13.7. The minimum Gasteiger partial charge on any atom is -0.380 e. The molecule has 10 nitrogen and oxygen atoms in total. The lowest BCUT2D eigenvalue weighted by atomic mass is 9.77. The Kier molecular flexibility index (Phi) is 10.1. The molecule has 0 aliphatic carbocycles. The third-order valence-electron chi connectivity index (χ3n) is 5.83. The van der Waals surface area contributed by atoms with Crippen molar-refractivity contribution in [3.8, 4) is 0 Å². The molecule has 1 amide bonds. The highest BCUT2D eigenvalue weighted by atomic mass is 16.5. The van der Waals surface area contributed by atoms with Crippen LogP contribution in [0, 0.1) is 5.41 Å². The number of hydrogen-bond acceptors (Lipinski definition) is 8. The Balaban J connectivity index is 1.12. The third kappa shape index (κ3) is 8.25. The van der Waals surface area contributed by atoms with Gasteiger partial charge in [0.25, 0.3) is 0 Å². The molecule has 0 radical (unpaired) electrons. The van der Waals surface area contributed by atoms with Crippen LogP contribution in [0.3, 0.4) is 0 Å². The van der Waals surface area contributed by atoms with E-state index in [9.17, 15) is 4.79 Å². The molecule has 3 heterocycles. The molecule has 2 fully saturated rings. The molecular formula is C22H37N5O5. The Morgan fingerprint density at radius 3 is 2.41 bits per heavy atom. The molecule has 0 saturated carbocycles. The molecule has 1 spiro atoms. The molecule has 2 saturated heterocycles. The molecule has 1 aromatic rings. The van der Waals surface area contributed by atoms with Crippen molar-refractivity contribution in [1.29, 1.82) is 0 Å². The average molecular weight is 452 g/mol. The Bertz CT molecular complexity index is 711. The van der Waals surface area contributed by atoms with E-state index < -0.39 is 0 Å². The minimum absolute atomic E-state index is 0.149. The number of likely N-dealkylation sites (tertiary alicyclic amines) is 1. The van der Waals surface area contributed by atoms with Gasteiger partial charge in [-0.1, -0.05) is 11.8 Å². The van der Waals surface area contributed by atoms with E-state index in [2.05, 4.69) is 27.1 Å². The molecule has 0 unspecified atom stereocenters. The van der Waals surface area contributed by atoms with E-state index in [0.29, 0.717) is 63.7 Å². The van der Waals surface area contributed by atoms with E-state index in [0.717, 1.165) is 38.5 Å². The van der Waals surface area contributed by atoms with Gasteiger partial charge in [0.1, 0.15) is 0 Å². The fraction of sp³-hybridized carbons (Fsp3) is 0.773. The third-order valence-corrected chi connectivity index (χ3v) is 5.83. The molecule has 1 aromatic heterocycles. The lowest BCUT2D eigenvalue weighted by Gasteiger charge is -2.47. The van der Waals surface area contributed by atoms with Crippen LogP contribution < -0.4 is 5.32 Å². The smallest absolute Gasteiger partial charge is 0.246 e. The molecule has 10 heteroatoms. The van der Waals surface area contributed by atoms with Gasteiger partial charge in [-0.25, -0.2) is 4.68 Å². The maximum absolute atomic E-state index is 11.3. The van der Waals surface area contributed by atoms with Crippen molar-refractivity contribution in [3.05, 3.63) is 24.0 Å². The minimum atomic E-state index is -0.149. The quantitative estimate of drug-likeness (QED) is 0.306. The van der Waals surface area contributed by atoms with Crippen LogP contribution in [-0.2, 0) is 36.8 Å². The number of carbonyl (C=O) groups is 1. The molecule has 3 rings (SSSR count). The summed E-state index contributed by atoms with van der Waals surface area (Å²) in [7, 11) is 0. The predicted octanol–water partition coefficient (Wildman–Crippen LogP) is 0.633. The van der Waals surface area contributed by atoms with Gasteiger partial charge in [-0.15, -0.1) is 5.10 Å². The van der Waals surface area contributed by atoms with Gasteiger partial charge in [-0.3, -0.25) is 9.69 Å². The van der Waals surface area contributed by atoms with Gasteiger partial charge in [0.05, 0.1) is 65.1 Å². The number of hydrogen-bond donors (Lipinski definition) is 1. The van der Waals surface area contributed by atoms with Crippen LogP contribution in [0.2, 0.25) is 0 Å². The summed E-state index contributed by atoms with van der Waals surface area (Å²) in [6.45, 7) is 14.4. The van der Waals surface area contributed by atoms with Crippen molar-refractivity contribution >= 4 is 5.91 Å². The van der Waals surface area contributed by atoms with E-state index in [4.69, 9.17) is 18.9 Å². The second-order valence-electron chi connectivity index (χ2n) is 8.62. The zero-order valence-electron chi connectivity index (χ0n) is 19.2. The van der Waals surface area contributed by atoms with Crippen LogP contribution in [0.25, 0.3) is 0 Å². The van der Waals surface area contributed by atoms with Crippen molar-refractivity contribution in [3.63, 3.8) is 0 Å². The zero-order chi connectivity index (χ0) is 22.7. The number of carbonyl (C=O) groups excluding carboxylic acids is 1. The van der Waals surface area contributed by atoms with Gasteiger partial charge in [0, 0.05) is 30.3 Å². The first-order valence-corrected chi connectivity index (χ1v) is 11.4. The summed E-state index contributed by atoms with van der Waals surface area (Å²) in [5.41, 5.74) is 1.97. The van der Waals surface area contributed by atoms with E-state index >= 15 is 0 Å². The standard InChI is InChI=1S/C22H37N5O5/c1-19(2)21(28)23-5-9-29-11-13-31-14-12-30-10-8-27-16-20(24-25-27)15-26-6-3-22(4-7-26)17-32-18-22/h16H,1,3-15,17-18H2,2H3,(H,23,28). The normalized spacial score (nSPS) is 17.9. The molecular weight excluding hydrogens is 414 g/mol. The molecule has 0 bridgehead atoms. The number of piperidine rings is 1. The first-order valence-electron chi connectivity index (χ1n) is 11.4. The Morgan fingerprint density at radius 1 is 1.12 bits per heavy atom. The molecule has 0 atom stereocenters. The number of rotatable bonds is 15. The summed E-state index contributed by atoms with van der Waals surface area (Å²) >= 11 is 0. The number of ether oxygens (including phenoxy) is 4. The van der Waals surface area contributed by atoms with E-state index in [1.807, 2.05) is 10.9 Å². The maximum Gasteiger partial charge on any atom is 0.246 e. The number of aromatic nitrogens is 3. The molecule has 2 aliphatic heterocycles. The Morgan fingerprint density at radius 2 is 1.78 bits per heavy atom. The van der Waals surface area contributed by atoms with Gasteiger partial charge in [-0.2, -0.15) is 0 Å². The predicted molar refractivity (Wildman–Crippen MR) is 118 cm³/mol. The highest BCUT2D eigenvalue weighted by Crippen LogP contribution is 2.38. The fourth-order valence-electron chi connectivity index (χ4n) is 3.70. The Labute approximate surface area is 190 Å². The second kappa shape index (κ2) is 13.0. The van der Waals surface area contributed by atoms with Crippen LogP contribution in [0.15, 0.2) is 18.3 Å². The summed E-state index contributed by atoms with van der Waals surface area (Å²) in [6.07, 6.45) is 4.44. The Hall–Kier alpha value is -1.85. The monoisotopic (exact) mass is 451 g/mol. The van der Waals surface area contributed by atoms with Gasteiger partial charge in [-0.05, 0) is 32.9 Å². The van der Waals surface area contributed by atoms with Crippen molar-refractivity contribution < 1.29 is 23.7 Å². The van der Waals surface area contributed by atoms with Gasteiger partial charge in [0.15, 0.2) is 0 Å².